The van der Waals surface area contributed by atoms with Crippen LogP contribution in [0.3, 0.4) is 0 Å². The van der Waals surface area contributed by atoms with Gasteiger partial charge in [-0.2, -0.15) is 0 Å². The zero-order chi connectivity index (χ0) is 15.8. The summed E-state index contributed by atoms with van der Waals surface area (Å²) in [4.78, 5) is 2.46. The number of benzene rings is 1. The summed E-state index contributed by atoms with van der Waals surface area (Å²) in [6.45, 7) is 1.03. The van der Waals surface area contributed by atoms with Gasteiger partial charge in [0.1, 0.15) is 5.71 Å². The van der Waals surface area contributed by atoms with Crippen LogP contribution in [-0.2, 0) is 11.8 Å². The normalized spacial score (nSPS) is 38.3. The van der Waals surface area contributed by atoms with Crippen molar-refractivity contribution in [3.63, 3.8) is 0 Å². The summed E-state index contributed by atoms with van der Waals surface area (Å²) in [7, 11) is 3.89. The van der Waals surface area contributed by atoms with E-state index in [9.17, 15) is 5.21 Å². The Labute approximate surface area is 135 Å². The van der Waals surface area contributed by atoms with Crippen molar-refractivity contribution in [3.05, 3.63) is 35.4 Å². The van der Waals surface area contributed by atoms with E-state index in [0.717, 1.165) is 30.9 Å². The van der Waals surface area contributed by atoms with Gasteiger partial charge in [0.2, 0.25) is 0 Å². The second-order valence-corrected chi connectivity index (χ2v) is 7.08. The smallest absolute Gasteiger partial charge is 0.166 e. The lowest BCUT2D eigenvalue weighted by Gasteiger charge is -2.55. The Morgan fingerprint density at radius 3 is 3.09 bits per heavy atom. The maximum absolute atomic E-state index is 9.48. The van der Waals surface area contributed by atoms with E-state index < -0.39 is 0 Å². The second kappa shape index (κ2) is 4.29. The van der Waals surface area contributed by atoms with Crippen molar-refractivity contribution in [1.29, 1.82) is 0 Å². The van der Waals surface area contributed by atoms with Crippen molar-refractivity contribution in [2.75, 3.05) is 20.7 Å². The molecule has 0 saturated carbocycles. The molecule has 2 bridgehead atoms. The number of piperidine rings is 1. The molecule has 5 nitrogen and oxygen atoms in total. The van der Waals surface area contributed by atoms with Crippen molar-refractivity contribution in [2.45, 2.75) is 30.4 Å². The number of likely N-dealkylation sites (tertiary alicyclic amines) is 1. The predicted molar refractivity (Wildman–Crippen MR) is 85.7 cm³/mol. The van der Waals surface area contributed by atoms with Gasteiger partial charge < -0.3 is 19.6 Å². The van der Waals surface area contributed by atoms with Gasteiger partial charge in [-0.1, -0.05) is 17.3 Å². The Morgan fingerprint density at radius 1 is 1.43 bits per heavy atom. The molecule has 5 heteroatoms. The van der Waals surface area contributed by atoms with Crippen LogP contribution in [0.25, 0.3) is 0 Å². The number of ether oxygens (including phenoxy) is 2. The van der Waals surface area contributed by atoms with Gasteiger partial charge in [-0.3, -0.25) is 0 Å². The first kappa shape index (κ1) is 13.4. The molecular formula is C18H20N2O3. The van der Waals surface area contributed by atoms with Gasteiger partial charge in [-0.05, 0) is 44.1 Å². The topological polar surface area (TPSA) is 54.3 Å². The number of hydrogen-bond acceptors (Lipinski definition) is 5. The van der Waals surface area contributed by atoms with Crippen LogP contribution in [0.2, 0.25) is 0 Å². The molecule has 0 radical (unpaired) electrons. The summed E-state index contributed by atoms with van der Waals surface area (Å²) in [6.07, 6.45) is 5.98. The van der Waals surface area contributed by atoms with Crippen molar-refractivity contribution >= 4 is 5.71 Å². The molecule has 1 N–H and O–H groups in total. The van der Waals surface area contributed by atoms with E-state index in [4.69, 9.17) is 9.47 Å². The summed E-state index contributed by atoms with van der Waals surface area (Å²) < 4.78 is 11.9. The molecule has 5 rings (SSSR count). The quantitative estimate of drug-likeness (QED) is 0.636. The molecule has 0 amide bonds. The maximum atomic E-state index is 9.48. The number of hydrogen-bond donors (Lipinski definition) is 1. The van der Waals surface area contributed by atoms with Gasteiger partial charge in [-0.15, -0.1) is 0 Å². The Kier molecular flexibility index (Phi) is 2.51. The van der Waals surface area contributed by atoms with Gasteiger partial charge in [0.25, 0.3) is 0 Å². The van der Waals surface area contributed by atoms with Gasteiger partial charge in [0.05, 0.1) is 12.5 Å². The number of likely N-dealkylation sites (N-methyl/N-ethyl adjacent to an activating group) is 1. The van der Waals surface area contributed by atoms with Crippen LogP contribution in [0, 0.1) is 5.92 Å². The van der Waals surface area contributed by atoms with Crippen LogP contribution < -0.4 is 9.47 Å². The lowest BCUT2D eigenvalue weighted by Crippen LogP contribution is -2.64. The van der Waals surface area contributed by atoms with Crippen LogP contribution in [-0.4, -0.2) is 48.7 Å². The van der Waals surface area contributed by atoms with Crippen LogP contribution in [0.15, 0.2) is 29.4 Å². The Balaban J connectivity index is 1.83. The lowest BCUT2D eigenvalue weighted by atomic mass is 9.53. The average Bonchev–Trinajstić information content (AvgIpc) is 2.92. The number of nitrogens with zero attached hydrogens (tertiary/aromatic N) is 2. The fourth-order valence-electron chi connectivity index (χ4n) is 5.33. The molecule has 2 heterocycles. The number of methoxy groups -OCH3 is 1. The van der Waals surface area contributed by atoms with Crippen LogP contribution in [0.4, 0.5) is 0 Å². The maximum Gasteiger partial charge on any atom is 0.166 e. The number of rotatable bonds is 1. The van der Waals surface area contributed by atoms with Crippen LogP contribution in [0.1, 0.15) is 17.5 Å². The minimum atomic E-state index is -0.218. The molecule has 120 valence electrons. The Morgan fingerprint density at radius 2 is 2.30 bits per heavy atom. The highest BCUT2D eigenvalue weighted by Crippen LogP contribution is 2.61. The summed E-state index contributed by atoms with van der Waals surface area (Å²) in [5.41, 5.74) is 3.14. The molecule has 23 heavy (non-hydrogen) atoms. The van der Waals surface area contributed by atoms with Crippen LogP contribution >= 0.6 is 0 Å². The second-order valence-electron chi connectivity index (χ2n) is 7.08. The molecule has 1 aromatic carbocycles. The van der Waals surface area contributed by atoms with E-state index >= 15 is 0 Å². The molecule has 4 aliphatic rings. The Bertz CT molecular complexity index is 757. The summed E-state index contributed by atoms with van der Waals surface area (Å²) >= 11 is 0. The minimum Gasteiger partial charge on any atom is -0.493 e. The van der Waals surface area contributed by atoms with Gasteiger partial charge >= 0.3 is 0 Å². The fraction of sp³-hybridized carbons (Fsp3) is 0.500. The lowest BCUT2D eigenvalue weighted by molar-refractivity contribution is 0.0263. The highest BCUT2D eigenvalue weighted by Gasteiger charge is 2.64. The molecule has 0 unspecified atom stereocenters. The highest BCUT2D eigenvalue weighted by molar-refractivity contribution is 6.02. The van der Waals surface area contributed by atoms with Gasteiger partial charge in [0.15, 0.2) is 17.6 Å². The largest absolute Gasteiger partial charge is 0.493 e. The average molecular weight is 312 g/mol. The first-order valence-electron chi connectivity index (χ1n) is 8.18. The third kappa shape index (κ3) is 1.40. The standard InChI is InChI=1S/C18H20N2O3/c1-20-8-7-18-11-4-5-12(19-21)17(18)23-16-14(22-2)6-3-10(15(16)18)9-13(11)20/h3-6,11,13,17,21H,7-9H2,1-2H3/b19-12-/t11-,13+,17-,18-/m0/s1. The fourth-order valence-corrected chi connectivity index (χ4v) is 5.33. The monoisotopic (exact) mass is 312 g/mol. The third-order valence-corrected chi connectivity index (χ3v) is 6.34. The summed E-state index contributed by atoms with van der Waals surface area (Å²) in [5, 5.41) is 13.0. The van der Waals surface area contributed by atoms with Crippen molar-refractivity contribution in [3.8, 4) is 11.5 Å². The van der Waals surface area contributed by atoms with Crippen molar-refractivity contribution in [1.82, 2.24) is 4.90 Å². The molecule has 2 aliphatic heterocycles. The van der Waals surface area contributed by atoms with Gasteiger partial charge in [0, 0.05) is 17.5 Å². The zero-order valence-corrected chi connectivity index (χ0v) is 13.3. The van der Waals surface area contributed by atoms with E-state index in [2.05, 4.69) is 29.2 Å². The zero-order valence-electron chi connectivity index (χ0n) is 13.3. The van der Waals surface area contributed by atoms with E-state index in [1.165, 1.54) is 11.1 Å². The van der Waals surface area contributed by atoms with Crippen LogP contribution in [0.5, 0.6) is 11.5 Å². The van der Waals surface area contributed by atoms with E-state index in [1.807, 2.05) is 12.1 Å². The highest BCUT2D eigenvalue weighted by atomic mass is 16.5. The van der Waals surface area contributed by atoms with E-state index in [-0.39, 0.29) is 11.5 Å². The predicted octanol–water partition coefficient (Wildman–Crippen LogP) is 1.97. The molecule has 1 spiro atoms. The van der Waals surface area contributed by atoms with Gasteiger partial charge in [-0.25, -0.2) is 0 Å². The summed E-state index contributed by atoms with van der Waals surface area (Å²) in [6, 6.07) is 4.65. The first-order chi connectivity index (χ1) is 11.2. The molecule has 1 aromatic rings. The van der Waals surface area contributed by atoms with E-state index in [1.54, 1.807) is 7.11 Å². The minimum absolute atomic E-state index is 0.120. The molecular weight excluding hydrogens is 292 g/mol. The molecule has 2 aliphatic carbocycles. The Hall–Kier alpha value is -2.01. The van der Waals surface area contributed by atoms with Crippen molar-refractivity contribution < 1.29 is 14.7 Å². The summed E-state index contributed by atoms with van der Waals surface area (Å²) in [5.74, 6) is 2.02. The van der Waals surface area contributed by atoms with E-state index in [0.29, 0.717) is 17.7 Å². The SMILES string of the molecule is COc1ccc2c3c1O[C@H]1/C(=N\O)C=C[C@H]4[C@@H](C2)N(C)CC[C@]314. The molecule has 1 saturated heterocycles. The molecule has 1 fully saturated rings. The van der Waals surface area contributed by atoms with Crippen molar-refractivity contribution in [2.24, 2.45) is 11.1 Å². The molecule has 4 atom stereocenters. The third-order valence-electron chi connectivity index (χ3n) is 6.34. The number of oxime groups is 1. The first-order valence-corrected chi connectivity index (χ1v) is 8.18. The molecule has 0 aromatic heterocycles.